The smallest absolute Gasteiger partial charge is 0.303 e. The maximum absolute atomic E-state index is 10.5. The summed E-state index contributed by atoms with van der Waals surface area (Å²) in [4.78, 5) is 10.5. The van der Waals surface area contributed by atoms with Gasteiger partial charge in [0.2, 0.25) is 0 Å². The number of carboxylic acids is 1. The Morgan fingerprint density at radius 3 is 2.44 bits per heavy atom. The Labute approximate surface area is 109 Å². The lowest BCUT2D eigenvalue weighted by molar-refractivity contribution is -0.137. The SMILES string of the molecule is CCCc1ccc(CNCC(C)CC(=O)O)cc1. The maximum Gasteiger partial charge on any atom is 0.303 e. The molecule has 1 atom stereocenters. The van der Waals surface area contributed by atoms with E-state index in [1.54, 1.807) is 0 Å². The molecule has 100 valence electrons. The lowest BCUT2D eigenvalue weighted by Gasteiger charge is -2.10. The van der Waals surface area contributed by atoms with Crippen LogP contribution in [0.2, 0.25) is 0 Å². The monoisotopic (exact) mass is 249 g/mol. The fourth-order valence-electron chi connectivity index (χ4n) is 1.95. The molecule has 1 unspecified atom stereocenters. The van der Waals surface area contributed by atoms with Gasteiger partial charge in [-0.2, -0.15) is 0 Å². The van der Waals surface area contributed by atoms with Crippen molar-refractivity contribution in [2.24, 2.45) is 5.92 Å². The zero-order valence-electron chi connectivity index (χ0n) is 11.3. The van der Waals surface area contributed by atoms with E-state index in [9.17, 15) is 4.79 Å². The molecule has 0 radical (unpaired) electrons. The first-order valence-corrected chi connectivity index (χ1v) is 6.62. The van der Waals surface area contributed by atoms with Crippen molar-refractivity contribution in [1.29, 1.82) is 0 Å². The number of aryl methyl sites for hydroxylation is 1. The fraction of sp³-hybridized carbons (Fsp3) is 0.533. The van der Waals surface area contributed by atoms with Gasteiger partial charge in [0, 0.05) is 13.0 Å². The van der Waals surface area contributed by atoms with E-state index in [4.69, 9.17) is 5.11 Å². The minimum Gasteiger partial charge on any atom is -0.481 e. The second-order valence-electron chi connectivity index (χ2n) is 4.90. The van der Waals surface area contributed by atoms with Gasteiger partial charge >= 0.3 is 5.97 Å². The second kappa shape index (κ2) is 7.88. The number of rotatable bonds is 8. The molecule has 0 heterocycles. The van der Waals surface area contributed by atoms with Crippen LogP contribution in [0, 0.1) is 5.92 Å². The van der Waals surface area contributed by atoms with Gasteiger partial charge in [-0.1, -0.05) is 44.5 Å². The molecule has 0 bridgehead atoms. The molecule has 0 aliphatic carbocycles. The summed E-state index contributed by atoms with van der Waals surface area (Å²) in [5, 5.41) is 11.9. The molecule has 1 rings (SSSR count). The molecule has 1 aromatic rings. The number of nitrogens with one attached hydrogen (secondary N) is 1. The van der Waals surface area contributed by atoms with Gasteiger partial charge in [0.1, 0.15) is 0 Å². The Morgan fingerprint density at radius 1 is 1.28 bits per heavy atom. The van der Waals surface area contributed by atoms with E-state index >= 15 is 0 Å². The molecule has 0 spiro atoms. The first-order chi connectivity index (χ1) is 8.61. The van der Waals surface area contributed by atoms with Gasteiger partial charge in [0.25, 0.3) is 0 Å². The zero-order chi connectivity index (χ0) is 13.4. The highest BCUT2D eigenvalue weighted by molar-refractivity contribution is 5.66. The summed E-state index contributed by atoms with van der Waals surface area (Å²) in [5.41, 5.74) is 2.62. The molecule has 0 saturated carbocycles. The number of benzene rings is 1. The standard InChI is InChI=1S/C15H23NO2/c1-3-4-13-5-7-14(8-6-13)11-16-10-12(2)9-15(17)18/h5-8,12,16H,3-4,9-11H2,1-2H3,(H,17,18). The molecular formula is C15H23NO2. The third-order valence-corrected chi connectivity index (χ3v) is 2.91. The minimum atomic E-state index is -0.729. The van der Waals surface area contributed by atoms with Crippen LogP contribution >= 0.6 is 0 Å². The lowest BCUT2D eigenvalue weighted by Crippen LogP contribution is -2.22. The highest BCUT2D eigenvalue weighted by Crippen LogP contribution is 2.07. The normalized spacial score (nSPS) is 12.3. The lowest BCUT2D eigenvalue weighted by atomic mass is 10.1. The Hall–Kier alpha value is -1.35. The Bertz CT molecular complexity index is 359. The third-order valence-electron chi connectivity index (χ3n) is 2.91. The molecule has 0 aromatic heterocycles. The molecule has 0 amide bonds. The first kappa shape index (κ1) is 14.7. The van der Waals surface area contributed by atoms with Crippen molar-refractivity contribution in [3.8, 4) is 0 Å². The van der Waals surface area contributed by atoms with Crippen molar-refractivity contribution < 1.29 is 9.90 Å². The van der Waals surface area contributed by atoms with Gasteiger partial charge in [-0.05, 0) is 30.0 Å². The summed E-state index contributed by atoms with van der Waals surface area (Å²) < 4.78 is 0. The van der Waals surface area contributed by atoms with Crippen LogP contribution in [0.25, 0.3) is 0 Å². The molecule has 0 fully saturated rings. The number of carboxylic acid groups (broad SMARTS) is 1. The van der Waals surface area contributed by atoms with E-state index in [0.29, 0.717) is 0 Å². The molecule has 0 saturated heterocycles. The van der Waals surface area contributed by atoms with Gasteiger partial charge in [-0.25, -0.2) is 0 Å². The summed E-state index contributed by atoms with van der Waals surface area (Å²) in [6, 6.07) is 8.61. The quantitative estimate of drug-likeness (QED) is 0.745. The summed E-state index contributed by atoms with van der Waals surface area (Å²) in [7, 11) is 0. The van der Waals surface area contributed by atoms with Crippen molar-refractivity contribution in [3.05, 3.63) is 35.4 Å². The average molecular weight is 249 g/mol. The maximum atomic E-state index is 10.5. The number of carbonyl (C=O) groups is 1. The fourth-order valence-corrected chi connectivity index (χ4v) is 1.95. The van der Waals surface area contributed by atoms with Gasteiger partial charge in [-0.15, -0.1) is 0 Å². The van der Waals surface area contributed by atoms with Crippen LogP contribution in [0.4, 0.5) is 0 Å². The molecular weight excluding hydrogens is 226 g/mol. The van der Waals surface area contributed by atoms with E-state index in [1.165, 1.54) is 17.5 Å². The molecule has 0 aliphatic rings. The topological polar surface area (TPSA) is 49.3 Å². The van der Waals surface area contributed by atoms with Gasteiger partial charge in [0.05, 0.1) is 0 Å². The number of hydrogen-bond acceptors (Lipinski definition) is 2. The van der Waals surface area contributed by atoms with Crippen LogP contribution in [0.1, 0.15) is 37.8 Å². The summed E-state index contributed by atoms with van der Waals surface area (Å²) in [6.45, 7) is 5.67. The summed E-state index contributed by atoms with van der Waals surface area (Å²) in [5.74, 6) is -0.560. The zero-order valence-corrected chi connectivity index (χ0v) is 11.3. The highest BCUT2D eigenvalue weighted by atomic mass is 16.4. The minimum absolute atomic E-state index is 0.168. The number of hydrogen-bond donors (Lipinski definition) is 2. The van der Waals surface area contributed by atoms with Crippen molar-refractivity contribution >= 4 is 5.97 Å². The van der Waals surface area contributed by atoms with E-state index in [2.05, 4.69) is 36.5 Å². The van der Waals surface area contributed by atoms with Crippen LogP contribution in [-0.4, -0.2) is 17.6 Å². The molecule has 3 nitrogen and oxygen atoms in total. The van der Waals surface area contributed by atoms with Crippen molar-refractivity contribution in [2.75, 3.05) is 6.54 Å². The second-order valence-corrected chi connectivity index (χ2v) is 4.90. The van der Waals surface area contributed by atoms with Crippen molar-refractivity contribution in [3.63, 3.8) is 0 Å². The van der Waals surface area contributed by atoms with Crippen molar-refractivity contribution in [2.45, 2.75) is 39.7 Å². The number of aliphatic carboxylic acids is 1. The van der Waals surface area contributed by atoms with E-state index < -0.39 is 5.97 Å². The molecule has 3 heteroatoms. The largest absolute Gasteiger partial charge is 0.481 e. The predicted molar refractivity (Wildman–Crippen MR) is 73.6 cm³/mol. The van der Waals surface area contributed by atoms with Gasteiger partial charge < -0.3 is 10.4 Å². The van der Waals surface area contributed by atoms with E-state index in [0.717, 1.165) is 19.5 Å². The molecule has 18 heavy (non-hydrogen) atoms. The van der Waals surface area contributed by atoms with Crippen LogP contribution in [-0.2, 0) is 17.8 Å². The summed E-state index contributed by atoms with van der Waals surface area (Å²) in [6.07, 6.45) is 2.52. The Kier molecular flexibility index (Phi) is 6.44. The summed E-state index contributed by atoms with van der Waals surface area (Å²) >= 11 is 0. The average Bonchev–Trinajstić information content (AvgIpc) is 2.31. The molecule has 0 aliphatic heterocycles. The highest BCUT2D eigenvalue weighted by Gasteiger charge is 2.06. The first-order valence-electron chi connectivity index (χ1n) is 6.62. The Morgan fingerprint density at radius 2 is 1.89 bits per heavy atom. The third kappa shape index (κ3) is 5.82. The molecule has 2 N–H and O–H groups in total. The van der Waals surface area contributed by atoms with Crippen LogP contribution in [0.3, 0.4) is 0 Å². The van der Waals surface area contributed by atoms with E-state index in [1.807, 2.05) is 6.92 Å². The van der Waals surface area contributed by atoms with E-state index in [-0.39, 0.29) is 12.3 Å². The van der Waals surface area contributed by atoms with Crippen molar-refractivity contribution in [1.82, 2.24) is 5.32 Å². The van der Waals surface area contributed by atoms with Crippen LogP contribution < -0.4 is 5.32 Å². The van der Waals surface area contributed by atoms with Crippen LogP contribution in [0.15, 0.2) is 24.3 Å². The molecule has 1 aromatic carbocycles. The Balaban J connectivity index is 2.28. The van der Waals surface area contributed by atoms with Gasteiger partial charge in [0.15, 0.2) is 0 Å². The predicted octanol–water partition coefficient (Wildman–Crippen LogP) is 2.84. The van der Waals surface area contributed by atoms with Gasteiger partial charge in [-0.3, -0.25) is 4.79 Å². The van der Waals surface area contributed by atoms with Crippen LogP contribution in [0.5, 0.6) is 0 Å².